The third kappa shape index (κ3) is 5.86. The number of anilines is 1. The summed E-state index contributed by atoms with van der Waals surface area (Å²) in [6, 6.07) is 11.1. The van der Waals surface area contributed by atoms with Crippen molar-refractivity contribution in [3.63, 3.8) is 0 Å². The number of hydrogen-bond acceptors (Lipinski definition) is 4. The number of carbonyl (C=O) groups is 2. The monoisotopic (exact) mass is 409 g/mol. The van der Waals surface area contributed by atoms with Crippen LogP contribution in [0, 0.1) is 12.7 Å². The van der Waals surface area contributed by atoms with Crippen LogP contribution in [0.5, 0.6) is 5.75 Å². The first-order valence-corrected chi connectivity index (χ1v) is 8.29. The maximum absolute atomic E-state index is 13.0. The summed E-state index contributed by atoms with van der Waals surface area (Å²) in [7, 11) is 0. The molecule has 25 heavy (non-hydrogen) atoms. The van der Waals surface area contributed by atoms with Gasteiger partial charge in [-0.05, 0) is 65.7 Å². The van der Waals surface area contributed by atoms with Crippen molar-refractivity contribution in [1.82, 2.24) is 0 Å². The first-order chi connectivity index (χ1) is 11.8. The van der Waals surface area contributed by atoms with Crippen LogP contribution in [0.15, 0.2) is 46.9 Å². The number of carbonyl (C=O) groups excluding carboxylic acids is 2. The molecule has 0 fully saturated rings. The zero-order valence-electron chi connectivity index (χ0n) is 13.7. The fraction of sp³-hybridized carbons (Fsp3) is 0.222. The number of hydrogen-bond donors (Lipinski definition) is 1. The summed E-state index contributed by atoms with van der Waals surface area (Å²) in [6.07, 6.45) is -0.978. The highest BCUT2D eigenvalue weighted by atomic mass is 79.9. The van der Waals surface area contributed by atoms with Crippen molar-refractivity contribution in [1.29, 1.82) is 0 Å². The Kier molecular flexibility index (Phi) is 6.52. The summed E-state index contributed by atoms with van der Waals surface area (Å²) >= 11 is 3.13. The Morgan fingerprint density at radius 2 is 2.00 bits per heavy atom. The van der Waals surface area contributed by atoms with E-state index in [4.69, 9.17) is 9.47 Å². The van der Waals surface area contributed by atoms with E-state index in [-0.39, 0.29) is 0 Å². The first-order valence-electron chi connectivity index (χ1n) is 7.50. The summed E-state index contributed by atoms with van der Waals surface area (Å²) in [5.74, 6) is -1.27. The van der Waals surface area contributed by atoms with E-state index in [0.717, 1.165) is 5.56 Å². The van der Waals surface area contributed by atoms with Gasteiger partial charge in [-0.25, -0.2) is 9.18 Å². The zero-order valence-corrected chi connectivity index (χ0v) is 15.3. The highest BCUT2D eigenvalue weighted by Crippen LogP contribution is 2.25. The van der Waals surface area contributed by atoms with E-state index in [1.807, 2.05) is 25.1 Å². The average Bonchev–Trinajstić information content (AvgIpc) is 2.54. The molecule has 2 aromatic rings. The van der Waals surface area contributed by atoms with Crippen molar-refractivity contribution in [2.75, 3.05) is 11.9 Å². The lowest BCUT2D eigenvalue weighted by Gasteiger charge is -2.14. The molecule has 0 aliphatic heterocycles. The third-order valence-electron chi connectivity index (χ3n) is 3.20. The van der Waals surface area contributed by atoms with Gasteiger partial charge in [0.2, 0.25) is 0 Å². The Morgan fingerprint density at radius 3 is 2.68 bits per heavy atom. The minimum atomic E-state index is -0.978. The summed E-state index contributed by atoms with van der Waals surface area (Å²) in [5.41, 5.74) is 1.63. The van der Waals surface area contributed by atoms with Crippen LogP contribution >= 0.6 is 15.9 Å². The predicted molar refractivity (Wildman–Crippen MR) is 95.0 cm³/mol. The van der Waals surface area contributed by atoms with Gasteiger partial charge in [0.1, 0.15) is 11.6 Å². The summed E-state index contributed by atoms with van der Waals surface area (Å²) < 4.78 is 23.7. The van der Waals surface area contributed by atoms with E-state index in [1.54, 1.807) is 6.07 Å². The molecule has 0 aromatic heterocycles. The van der Waals surface area contributed by atoms with Crippen molar-refractivity contribution >= 4 is 33.5 Å². The molecule has 0 radical (unpaired) electrons. The minimum Gasteiger partial charge on any atom is -0.481 e. The van der Waals surface area contributed by atoms with E-state index in [1.165, 1.54) is 25.1 Å². The normalized spacial score (nSPS) is 11.5. The van der Waals surface area contributed by atoms with E-state index < -0.39 is 30.4 Å². The van der Waals surface area contributed by atoms with Crippen molar-refractivity contribution in [3.05, 3.63) is 58.3 Å². The molecule has 132 valence electrons. The molecule has 0 saturated heterocycles. The van der Waals surface area contributed by atoms with Gasteiger partial charge in [-0.2, -0.15) is 0 Å². The lowest BCUT2D eigenvalue weighted by atomic mass is 10.2. The number of nitrogens with one attached hydrogen (secondary N) is 1. The Morgan fingerprint density at radius 1 is 1.24 bits per heavy atom. The van der Waals surface area contributed by atoms with Crippen LogP contribution in [-0.2, 0) is 14.3 Å². The molecule has 1 N–H and O–H groups in total. The molecule has 0 bridgehead atoms. The highest BCUT2D eigenvalue weighted by molar-refractivity contribution is 9.10. The number of benzene rings is 2. The van der Waals surface area contributed by atoms with Gasteiger partial charge in [0.15, 0.2) is 12.7 Å². The molecule has 0 unspecified atom stereocenters. The van der Waals surface area contributed by atoms with Gasteiger partial charge < -0.3 is 14.8 Å². The van der Waals surface area contributed by atoms with Gasteiger partial charge in [0.25, 0.3) is 5.91 Å². The van der Waals surface area contributed by atoms with Crippen molar-refractivity contribution in [2.24, 2.45) is 0 Å². The molecule has 5 nitrogen and oxygen atoms in total. The predicted octanol–water partition coefficient (Wildman–Crippen LogP) is 3.85. The van der Waals surface area contributed by atoms with Crippen LogP contribution < -0.4 is 10.1 Å². The Bertz CT molecular complexity index is 781. The average molecular weight is 410 g/mol. The number of ether oxygens (including phenoxy) is 2. The van der Waals surface area contributed by atoms with E-state index >= 15 is 0 Å². The van der Waals surface area contributed by atoms with Gasteiger partial charge in [-0.1, -0.05) is 12.1 Å². The lowest BCUT2D eigenvalue weighted by molar-refractivity contribution is -0.155. The van der Waals surface area contributed by atoms with Crippen LogP contribution in [0.3, 0.4) is 0 Å². The van der Waals surface area contributed by atoms with Crippen LogP contribution in [-0.4, -0.2) is 24.6 Å². The summed E-state index contributed by atoms with van der Waals surface area (Å²) in [6.45, 7) is 2.98. The van der Waals surface area contributed by atoms with E-state index in [0.29, 0.717) is 15.9 Å². The number of rotatable bonds is 6. The minimum absolute atomic E-state index is 0.301. The van der Waals surface area contributed by atoms with Gasteiger partial charge in [-0.3, -0.25) is 4.79 Å². The quantitative estimate of drug-likeness (QED) is 0.735. The van der Waals surface area contributed by atoms with Crippen LogP contribution in [0.1, 0.15) is 12.5 Å². The molecule has 0 aliphatic rings. The van der Waals surface area contributed by atoms with Crippen molar-refractivity contribution in [3.8, 4) is 5.75 Å². The number of halogens is 2. The smallest absolute Gasteiger partial charge is 0.344 e. The second kappa shape index (κ2) is 8.62. The lowest BCUT2D eigenvalue weighted by Crippen LogP contribution is -2.31. The molecular weight excluding hydrogens is 393 g/mol. The Balaban J connectivity index is 1.83. The maximum Gasteiger partial charge on any atom is 0.344 e. The van der Waals surface area contributed by atoms with Gasteiger partial charge in [0.05, 0.1) is 4.47 Å². The topological polar surface area (TPSA) is 64.6 Å². The molecule has 0 aliphatic carbocycles. The van der Waals surface area contributed by atoms with Gasteiger partial charge in [-0.15, -0.1) is 0 Å². The molecule has 0 spiro atoms. The molecular formula is C18H17BrFNO4. The summed E-state index contributed by atoms with van der Waals surface area (Å²) in [5, 5.41) is 2.67. The van der Waals surface area contributed by atoms with Gasteiger partial charge in [0, 0.05) is 5.69 Å². The van der Waals surface area contributed by atoms with E-state index in [9.17, 15) is 14.0 Å². The number of amides is 1. The molecule has 2 aromatic carbocycles. The van der Waals surface area contributed by atoms with E-state index in [2.05, 4.69) is 21.2 Å². The molecule has 0 saturated carbocycles. The standard InChI is InChI=1S/C18H17BrFNO4/c1-11-4-3-5-14(8-11)21-18(23)12(2)25-17(22)10-24-16-7-6-13(20)9-15(16)19/h3-9,12H,10H2,1-2H3,(H,21,23)/t12-/m1/s1. The number of esters is 1. The molecule has 1 amide bonds. The van der Waals surface area contributed by atoms with Crippen molar-refractivity contribution in [2.45, 2.75) is 20.0 Å². The summed E-state index contributed by atoms with van der Waals surface area (Å²) in [4.78, 5) is 23.8. The molecule has 7 heteroatoms. The largest absolute Gasteiger partial charge is 0.481 e. The Hall–Kier alpha value is -2.41. The Labute approximate surface area is 153 Å². The molecule has 0 heterocycles. The fourth-order valence-electron chi connectivity index (χ4n) is 1.98. The second-order valence-electron chi connectivity index (χ2n) is 5.35. The number of aryl methyl sites for hydroxylation is 1. The van der Waals surface area contributed by atoms with Crippen molar-refractivity contribution < 1.29 is 23.5 Å². The maximum atomic E-state index is 13.0. The fourth-order valence-corrected chi connectivity index (χ4v) is 2.45. The second-order valence-corrected chi connectivity index (χ2v) is 6.21. The van der Waals surface area contributed by atoms with Crippen LogP contribution in [0.2, 0.25) is 0 Å². The third-order valence-corrected chi connectivity index (χ3v) is 3.82. The van der Waals surface area contributed by atoms with Crippen LogP contribution in [0.4, 0.5) is 10.1 Å². The molecule has 2 rings (SSSR count). The van der Waals surface area contributed by atoms with Gasteiger partial charge >= 0.3 is 5.97 Å². The first kappa shape index (κ1) is 18.9. The zero-order chi connectivity index (χ0) is 18.4. The SMILES string of the molecule is Cc1cccc(NC(=O)[C@@H](C)OC(=O)COc2ccc(F)cc2Br)c1. The molecule has 1 atom stereocenters. The highest BCUT2D eigenvalue weighted by Gasteiger charge is 2.18. The van der Waals surface area contributed by atoms with Crippen LogP contribution in [0.25, 0.3) is 0 Å².